The summed E-state index contributed by atoms with van der Waals surface area (Å²) < 4.78 is 30.6. The second-order valence-corrected chi connectivity index (χ2v) is 11.3. The average Bonchev–Trinajstić information content (AvgIpc) is 2.95. The fourth-order valence-corrected chi connectivity index (χ4v) is 5.25. The zero-order valence-electron chi connectivity index (χ0n) is 23.1. The van der Waals surface area contributed by atoms with Crippen LogP contribution >= 0.6 is 0 Å². The molecular weight excluding hydrogens is 601 g/mol. The predicted octanol–water partition coefficient (Wildman–Crippen LogP) is -2.09. The van der Waals surface area contributed by atoms with Crippen molar-refractivity contribution in [1.29, 1.82) is 0 Å². The first-order valence-electron chi connectivity index (χ1n) is 13.3. The molecule has 4 rings (SSSR count). The number of rotatable bonds is 10. The molecule has 0 spiro atoms. The Kier molecular flexibility index (Phi) is 9.73. The molecule has 2 aromatic carbocycles. The van der Waals surface area contributed by atoms with E-state index in [-0.39, 0.29) is 48.6 Å². The minimum absolute atomic E-state index is 0.0460. The number of urea groups is 1. The van der Waals surface area contributed by atoms with Crippen LogP contribution in [0.1, 0.15) is 33.9 Å². The highest BCUT2D eigenvalue weighted by molar-refractivity contribution is 7.90. The number of carboxylic acids is 1. The lowest BCUT2D eigenvalue weighted by molar-refractivity contribution is -0.153. The van der Waals surface area contributed by atoms with Crippen LogP contribution in [0.4, 0.5) is 10.5 Å². The van der Waals surface area contributed by atoms with E-state index in [9.17, 15) is 42.5 Å². The van der Waals surface area contributed by atoms with Gasteiger partial charge in [0.1, 0.15) is 11.8 Å². The molecule has 19 heteroatoms. The van der Waals surface area contributed by atoms with Gasteiger partial charge in [-0.05, 0) is 48.7 Å². The summed E-state index contributed by atoms with van der Waals surface area (Å²) in [5.41, 5.74) is 5.68. The molecule has 1 saturated heterocycles. The number of piperazine rings is 1. The molecule has 5 amide bonds. The van der Waals surface area contributed by atoms with Crippen molar-refractivity contribution in [3.05, 3.63) is 59.2 Å². The number of anilines is 1. The van der Waals surface area contributed by atoms with Crippen LogP contribution in [0.5, 0.6) is 5.75 Å². The van der Waals surface area contributed by atoms with Crippen molar-refractivity contribution in [1.82, 2.24) is 20.4 Å². The summed E-state index contributed by atoms with van der Waals surface area (Å²) in [5, 5.41) is 30.1. The molecule has 44 heavy (non-hydrogen) atoms. The van der Waals surface area contributed by atoms with Crippen molar-refractivity contribution in [2.75, 3.05) is 30.9 Å². The number of imide groups is 1. The van der Waals surface area contributed by atoms with E-state index in [0.717, 1.165) is 0 Å². The van der Waals surface area contributed by atoms with E-state index in [1.165, 1.54) is 41.3 Å². The highest BCUT2D eigenvalue weighted by Crippen LogP contribution is 2.30. The number of carboxylic acid groups (broad SMARTS) is 1. The van der Waals surface area contributed by atoms with E-state index in [2.05, 4.69) is 15.4 Å². The van der Waals surface area contributed by atoms with Gasteiger partial charge in [-0.1, -0.05) is 24.3 Å². The fourth-order valence-electron chi connectivity index (χ4n) is 4.79. The van der Waals surface area contributed by atoms with Crippen molar-refractivity contribution in [2.24, 2.45) is 10.9 Å². The van der Waals surface area contributed by atoms with Crippen LogP contribution < -0.4 is 30.9 Å². The molecule has 17 nitrogen and oxygen atoms in total. The summed E-state index contributed by atoms with van der Waals surface area (Å²) >= 11 is 0. The molecule has 2 aromatic rings. The highest BCUT2D eigenvalue weighted by atomic mass is 32.2. The molecule has 2 aliphatic heterocycles. The van der Waals surface area contributed by atoms with Gasteiger partial charge >= 0.3 is 30.9 Å². The van der Waals surface area contributed by atoms with Crippen molar-refractivity contribution >= 4 is 52.7 Å². The van der Waals surface area contributed by atoms with Crippen molar-refractivity contribution in [2.45, 2.75) is 24.8 Å². The second kappa shape index (κ2) is 13.3. The molecule has 2 heterocycles. The summed E-state index contributed by atoms with van der Waals surface area (Å²) in [6, 6.07) is 6.99. The van der Waals surface area contributed by atoms with Crippen LogP contribution in [0.2, 0.25) is 0 Å². The fraction of sp³-hybridized carbons (Fsp3) is 0.320. The Balaban J connectivity index is 1.59. The summed E-state index contributed by atoms with van der Waals surface area (Å²) in [4.78, 5) is 65.7. The summed E-state index contributed by atoms with van der Waals surface area (Å²) in [7, 11) is -5.89. The van der Waals surface area contributed by atoms with Gasteiger partial charge in [0, 0.05) is 19.6 Å². The molecule has 9 N–H and O–H groups in total. The first kappa shape index (κ1) is 32.2. The molecule has 0 bridgehead atoms. The van der Waals surface area contributed by atoms with Gasteiger partial charge in [-0.15, -0.1) is 0 Å². The number of nitrogens with two attached hydrogens (primary N) is 2. The third-order valence-electron chi connectivity index (χ3n) is 6.87. The van der Waals surface area contributed by atoms with Crippen LogP contribution in [0.3, 0.4) is 0 Å². The third kappa shape index (κ3) is 7.43. The van der Waals surface area contributed by atoms with Crippen LogP contribution in [-0.4, -0.2) is 97.3 Å². The minimum atomic E-state index is -4.21. The predicted molar refractivity (Wildman–Crippen MR) is 154 cm³/mol. The first-order chi connectivity index (χ1) is 20.8. The Bertz CT molecular complexity index is 1590. The SMILES string of the molecule is NCCCN1CCN(C(=O)N[C@H](C(=O)N[C@H]2Cc3cccc(C(=O)O)c3OB2O)c2cccc(NS(N)(=O)=O)c2)C(=O)C1=O. The van der Waals surface area contributed by atoms with E-state index < -0.39 is 59.0 Å². The largest absolute Gasteiger partial charge is 0.547 e. The number of nitrogens with zero attached hydrogens (tertiary/aromatic N) is 2. The van der Waals surface area contributed by atoms with Gasteiger partial charge in [0.15, 0.2) is 0 Å². The van der Waals surface area contributed by atoms with Crippen LogP contribution in [-0.2, 0) is 31.0 Å². The molecule has 0 aliphatic carbocycles. The normalized spacial score (nSPS) is 17.3. The van der Waals surface area contributed by atoms with E-state index in [4.69, 9.17) is 15.5 Å². The Labute approximate surface area is 251 Å². The van der Waals surface area contributed by atoms with Gasteiger partial charge in [-0.25, -0.2) is 14.7 Å². The molecule has 1 fully saturated rings. The Hall–Kier alpha value is -4.72. The van der Waals surface area contributed by atoms with E-state index >= 15 is 0 Å². The van der Waals surface area contributed by atoms with E-state index in [0.29, 0.717) is 23.4 Å². The molecule has 0 aromatic heterocycles. The van der Waals surface area contributed by atoms with Gasteiger partial charge in [0.2, 0.25) is 5.91 Å². The van der Waals surface area contributed by atoms with Crippen molar-refractivity contribution in [3.63, 3.8) is 0 Å². The maximum absolute atomic E-state index is 13.6. The zero-order chi connectivity index (χ0) is 32.2. The summed E-state index contributed by atoms with van der Waals surface area (Å²) in [6.45, 7) is 0.409. The topological polar surface area (TPSA) is 264 Å². The zero-order valence-corrected chi connectivity index (χ0v) is 24.0. The lowest BCUT2D eigenvalue weighted by atomic mass is 9.72. The number of fused-ring (bicyclic) bond motifs is 1. The number of benzene rings is 2. The Morgan fingerprint density at radius 1 is 1.11 bits per heavy atom. The maximum Gasteiger partial charge on any atom is 0.547 e. The van der Waals surface area contributed by atoms with Gasteiger partial charge < -0.3 is 36.1 Å². The van der Waals surface area contributed by atoms with Gasteiger partial charge in [0.05, 0.1) is 17.2 Å². The molecule has 234 valence electrons. The van der Waals surface area contributed by atoms with Gasteiger partial charge in [-0.2, -0.15) is 8.42 Å². The van der Waals surface area contributed by atoms with Crippen LogP contribution in [0.15, 0.2) is 42.5 Å². The number of nitrogens with one attached hydrogen (secondary N) is 3. The summed E-state index contributed by atoms with van der Waals surface area (Å²) in [6.07, 6.45) is 0.407. The number of carbonyl (C=O) groups is 5. The lowest BCUT2D eigenvalue weighted by Crippen LogP contribution is -2.60. The third-order valence-corrected chi connectivity index (χ3v) is 7.39. The highest BCUT2D eigenvalue weighted by Gasteiger charge is 2.41. The van der Waals surface area contributed by atoms with E-state index in [1.54, 1.807) is 6.07 Å². The molecule has 0 radical (unpaired) electrons. The first-order valence-corrected chi connectivity index (χ1v) is 14.9. The maximum atomic E-state index is 13.6. The van der Waals surface area contributed by atoms with Gasteiger partial charge in [-0.3, -0.25) is 24.0 Å². The van der Waals surface area contributed by atoms with Crippen molar-refractivity contribution in [3.8, 4) is 5.75 Å². The molecular formula is C25H30BN7O10S. The number of carbonyl (C=O) groups excluding carboxylic acids is 4. The number of hydrogen-bond donors (Lipinski definition) is 7. The standard InChI is InChI=1S/C25H30BN7O10S/c27-8-3-9-32-10-11-33(23(36)22(32)35)25(39)30-19(14-4-1-6-16(12-14)31-44(28,41)42)21(34)29-18-13-15-5-2-7-17(24(37)38)20(15)43-26(18)40/h1-2,4-7,12,18-19,31,40H,3,8-11,13,27H2,(H,29,34)(H,30,39)(H,37,38)(H2,28,41,42)/t18-,19-/m0/s1. The van der Waals surface area contributed by atoms with Gasteiger partial charge in [0.25, 0.3) is 10.2 Å². The second-order valence-electron chi connectivity index (χ2n) is 9.97. The van der Waals surface area contributed by atoms with E-state index in [1.807, 2.05) is 0 Å². The monoisotopic (exact) mass is 631 g/mol. The van der Waals surface area contributed by atoms with Crippen molar-refractivity contribution < 1.29 is 47.2 Å². The number of para-hydroxylation sites is 1. The smallest absolute Gasteiger partial charge is 0.534 e. The minimum Gasteiger partial charge on any atom is -0.534 e. The quantitative estimate of drug-likeness (QED) is 0.110. The number of aromatic carboxylic acids is 1. The number of hydrogen-bond acceptors (Lipinski definition) is 10. The van der Waals surface area contributed by atoms with Crippen LogP contribution in [0, 0.1) is 0 Å². The Morgan fingerprint density at radius 2 is 1.84 bits per heavy atom. The summed E-state index contributed by atoms with van der Waals surface area (Å²) in [5.74, 6) is -5.38. The number of amides is 5. The lowest BCUT2D eigenvalue weighted by Gasteiger charge is -2.34. The molecule has 2 aliphatic rings. The average molecular weight is 631 g/mol. The Morgan fingerprint density at radius 3 is 2.52 bits per heavy atom. The molecule has 0 unspecified atom stereocenters. The molecule has 0 saturated carbocycles. The molecule has 2 atom stereocenters. The van der Waals surface area contributed by atoms with Crippen LogP contribution in [0.25, 0.3) is 0 Å².